The fraction of sp³-hybridized carbons (Fsp3) is 0.500. The molecule has 1 rings (SSSR count). The number of aromatic nitrogens is 1. The number of nitriles is 1. The van der Waals surface area contributed by atoms with Gasteiger partial charge in [0.25, 0.3) is 0 Å². The normalized spacial score (nSPS) is 10.2. The van der Waals surface area contributed by atoms with Gasteiger partial charge in [-0.15, -0.1) is 0 Å². The van der Waals surface area contributed by atoms with Gasteiger partial charge in [0.1, 0.15) is 17.6 Å². The lowest BCUT2D eigenvalue weighted by Crippen LogP contribution is -2.20. The maximum atomic E-state index is 8.69. The largest absolute Gasteiger partial charge is 0.378 e. The van der Waals surface area contributed by atoms with Crippen LogP contribution in [0.3, 0.4) is 0 Å². The number of likely N-dealkylation sites (N-methyl/N-ethyl adjacent to an activating group) is 1. The maximum absolute atomic E-state index is 8.69. The molecule has 92 valence electrons. The van der Waals surface area contributed by atoms with E-state index in [1.807, 2.05) is 26.2 Å². The Morgan fingerprint density at radius 3 is 2.94 bits per heavy atom. The van der Waals surface area contributed by atoms with E-state index in [1.165, 1.54) is 0 Å². The summed E-state index contributed by atoms with van der Waals surface area (Å²) in [6.45, 7) is 2.96. The number of ether oxygens (including phenoxy) is 1. The van der Waals surface area contributed by atoms with E-state index >= 15 is 0 Å². The van der Waals surface area contributed by atoms with Crippen molar-refractivity contribution in [1.82, 2.24) is 9.88 Å². The van der Waals surface area contributed by atoms with E-state index in [-0.39, 0.29) is 0 Å². The summed E-state index contributed by atoms with van der Waals surface area (Å²) in [4.78, 5) is 6.18. The smallest absolute Gasteiger partial charge is 0.142 e. The highest BCUT2D eigenvalue weighted by Gasteiger charge is 1.96. The van der Waals surface area contributed by atoms with E-state index in [4.69, 9.17) is 10.00 Å². The van der Waals surface area contributed by atoms with Gasteiger partial charge < -0.3 is 15.0 Å². The molecule has 0 saturated heterocycles. The first-order chi connectivity index (χ1) is 8.22. The molecule has 0 radical (unpaired) electrons. The fourth-order valence-corrected chi connectivity index (χ4v) is 1.20. The van der Waals surface area contributed by atoms with E-state index in [1.54, 1.807) is 12.1 Å². The van der Waals surface area contributed by atoms with Gasteiger partial charge in [-0.2, -0.15) is 5.26 Å². The minimum Gasteiger partial charge on any atom is -0.378 e. The highest BCUT2D eigenvalue weighted by atomic mass is 16.5. The van der Waals surface area contributed by atoms with Gasteiger partial charge in [0.15, 0.2) is 0 Å². The molecule has 17 heavy (non-hydrogen) atoms. The topological polar surface area (TPSA) is 61.2 Å². The molecule has 1 heterocycles. The third-order valence-corrected chi connectivity index (χ3v) is 2.10. The van der Waals surface area contributed by atoms with E-state index < -0.39 is 0 Å². The van der Waals surface area contributed by atoms with Gasteiger partial charge in [-0.3, -0.25) is 0 Å². The predicted molar refractivity (Wildman–Crippen MR) is 66.8 cm³/mol. The van der Waals surface area contributed by atoms with Crippen molar-refractivity contribution in [2.24, 2.45) is 0 Å². The molecule has 0 aromatic carbocycles. The summed E-state index contributed by atoms with van der Waals surface area (Å²) < 4.78 is 5.43. The lowest BCUT2D eigenvalue weighted by Gasteiger charge is -2.10. The second-order valence-corrected chi connectivity index (χ2v) is 3.86. The van der Waals surface area contributed by atoms with Crippen molar-refractivity contribution in [3.63, 3.8) is 0 Å². The van der Waals surface area contributed by atoms with Crippen LogP contribution in [0.4, 0.5) is 5.82 Å². The van der Waals surface area contributed by atoms with Crippen LogP contribution in [-0.2, 0) is 4.74 Å². The lowest BCUT2D eigenvalue weighted by atomic mass is 10.3. The molecule has 0 amide bonds. The van der Waals surface area contributed by atoms with Crippen LogP contribution in [0.5, 0.6) is 0 Å². The average molecular weight is 234 g/mol. The zero-order valence-corrected chi connectivity index (χ0v) is 10.3. The second-order valence-electron chi connectivity index (χ2n) is 3.86. The second kappa shape index (κ2) is 7.60. The van der Waals surface area contributed by atoms with Crippen LogP contribution in [0.15, 0.2) is 18.2 Å². The van der Waals surface area contributed by atoms with E-state index in [0.29, 0.717) is 24.7 Å². The molecule has 1 aromatic rings. The fourth-order valence-electron chi connectivity index (χ4n) is 1.20. The zero-order valence-electron chi connectivity index (χ0n) is 10.3. The van der Waals surface area contributed by atoms with Gasteiger partial charge in [-0.05, 0) is 26.2 Å². The van der Waals surface area contributed by atoms with Crippen LogP contribution in [0, 0.1) is 11.3 Å². The zero-order chi connectivity index (χ0) is 12.5. The quantitative estimate of drug-likeness (QED) is 0.711. The van der Waals surface area contributed by atoms with Crippen molar-refractivity contribution >= 4 is 5.82 Å². The molecule has 1 aromatic heterocycles. The lowest BCUT2D eigenvalue weighted by molar-refractivity contribution is 0.126. The molecule has 0 unspecified atom stereocenters. The molecule has 5 heteroatoms. The summed E-state index contributed by atoms with van der Waals surface area (Å²) in [6.07, 6.45) is 0. The Hall–Kier alpha value is -1.64. The molecule has 0 saturated carbocycles. The van der Waals surface area contributed by atoms with Gasteiger partial charge in [0.05, 0.1) is 13.2 Å². The first-order valence-electron chi connectivity index (χ1n) is 5.56. The Morgan fingerprint density at radius 1 is 1.41 bits per heavy atom. The maximum Gasteiger partial charge on any atom is 0.142 e. The molecular formula is C12H18N4O. The number of nitrogens with zero attached hydrogens (tertiary/aromatic N) is 3. The molecule has 0 aliphatic heterocycles. The highest BCUT2D eigenvalue weighted by Crippen LogP contribution is 2.02. The van der Waals surface area contributed by atoms with E-state index in [9.17, 15) is 0 Å². The van der Waals surface area contributed by atoms with Crippen LogP contribution in [-0.4, -0.2) is 50.3 Å². The first kappa shape index (κ1) is 13.4. The minimum absolute atomic E-state index is 0.420. The molecule has 0 fully saturated rings. The number of pyridine rings is 1. The minimum atomic E-state index is 0.420. The third kappa shape index (κ3) is 5.85. The van der Waals surface area contributed by atoms with Crippen LogP contribution >= 0.6 is 0 Å². The Labute approximate surface area is 102 Å². The Morgan fingerprint density at radius 2 is 2.24 bits per heavy atom. The summed E-state index contributed by atoms with van der Waals surface area (Å²) in [5.74, 6) is 0.709. The first-order valence-corrected chi connectivity index (χ1v) is 5.56. The van der Waals surface area contributed by atoms with Gasteiger partial charge in [-0.25, -0.2) is 4.98 Å². The van der Waals surface area contributed by atoms with Crippen molar-refractivity contribution in [3.8, 4) is 6.07 Å². The Balaban J connectivity index is 2.16. The van der Waals surface area contributed by atoms with E-state index in [2.05, 4.69) is 15.2 Å². The average Bonchev–Trinajstić information content (AvgIpc) is 2.33. The number of hydrogen-bond donors (Lipinski definition) is 1. The van der Waals surface area contributed by atoms with Crippen LogP contribution in [0.1, 0.15) is 5.69 Å². The van der Waals surface area contributed by atoms with Crippen LogP contribution < -0.4 is 5.32 Å². The number of anilines is 1. The Kier molecular flexibility index (Phi) is 6.00. The van der Waals surface area contributed by atoms with Crippen molar-refractivity contribution in [2.45, 2.75) is 0 Å². The Bertz CT molecular complexity index is 373. The van der Waals surface area contributed by atoms with Gasteiger partial charge in [-0.1, -0.05) is 6.07 Å². The summed E-state index contributed by atoms with van der Waals surface area (Å²) in [7, 11) is 4.03. The number of rotatable bonds is 7. The van der Waals surface area contributed by atoms with Crippen molar-refractivity contribution in [2.75, 3.05) is 45.7 Å². The van der Waals surface area contributed by atoms with Crippen molar-refractivity contribution in [3.05, 3.63) is 23.9 Å². The van der Waals surface area contributed by atoms with Crippen LogP contribution in [0.25, 0.3) is 0 Å². The summed E-state index contributed by atoms with van der Waals surface area (Å²) in [5, 5.41) is 11.8. The van der Waals surface area contributed by atoms with E-state index in [0.717, 1.165) is 13.2 Å². The molecule has 0 bridgehead atoms. The summed E-state index contributed by atoms with van der Waals surface area (Å²) in [6, 6.07) is 7.32. The van der Waals surface area contributed by atoms with Gasteiger partial charge in [0, 0.05) is 13.1 Å². The van der Waals surface area contributed by atoms with Gasteiger partial charge >= 0.3 is 0 Å². The van der Waals surface area contributed by atoms with Crippen molar-refractivity contribution < 1.29 is 4.74 Å². The number of hydrogen-bond acceptors (Lipinski definition) is 5. The monoisotopic (exact) mass is 234 g/mol. The third-order valence-electron chi connectivity index (χ3n) is 2.10. The molecule has 0 atom stereocenters. The van der Waals surface area contributed by atoms with Crippen LogP contribution in [0.2, 0.25) is 0 Å². The number of nitrogens with one attached hydrogen (secondary N) is 1. The molecule has 0 aliphatic rings. The van der Waals surface area contributed by atoms with Crippen molar-refractivity contribution in [1.29, 1.82) is 5.26 Å². The highest BCUT2D eigenvalue weighted by molar-refractivity contribution is 5.38. The standard InChI is InChI=1S/C12H18N4O/c1-16(2)7-9-17-8-6-14-12-5-3-4-11(10-13)15-12/h3-5H,6-9H2,1-2H3,(H,14,15). The summed E-state index contributed by atoms with van der Waals surface area (Å²) >= 11 is 0. The molecule has 1 N–H and O–H groups in total. The molecular weight excluding hydrogens is 216 g/mol. The molecule has 0 aliphatic carbocycles. The molecule has 5 nitrogen and oxygen atoms in total. The predicted octanol–water partition coefficient (Wildman–Crippen LogP) is 0.943. The SMILES string of the molecule is CN(C)CCOCCNc1cccc(C#N)n1. The molecule has 0 spiro atoms. The summed E-state index contributed by atoms with van der Waals surface area (Å²) in [5.41, 5.74) is 0.420. The van der Waals surface area contributed by atoms with Gasteiger partial charge in [0.2, 0.25) is 0 Å².